The second-order valence-corrected chi connectivity index (χ2v) is 7.90. The van der Waals surface area contributed by atoms with E-state index in [2.05, 4.69) is 12.1 Å². The molecule has 4 nitrogen and oxygen atoms in total. The number of aliphatic hydroxyl groups excluding tert-OH is 1. The van der Waals surface area contributed by atoms with Crippen LogP contribution in [0.3, 0.4) is 0 Å². The summed E-state index contributed by atoms with van der Waals surface area (Å²) >= 11 is 1.40. The molecule has 1 heterocycles. The monoisotopic (exact) mass is 414 g/mol. The fourth-order valence-corrected chi connectivity index (χ4v) is 4.19. The van der Waals surface area contributed by atoms with Crippen LogP contribution in [-0.4, -0.2) is 22.7 Å². The Balaban J connectivity index is 1.60. The summed E-state index contributed by atoms with van der Waals surface area (Å²) in [6, 6.07) is 27.4. The summed E-state index contributed by atoms with van der Waals surface area (Å²) in [6.07, 6.45) is 2.70. The van der Waals surface area contributed by atoms with E-state index in [0.717, 1.165) is 23.2 Å². The number of nitrogens with zero attached hydrogens (tertiary/aromatic N) is 2. The summed E-state index contributed by atoms with van der Waals surface area (Å²) in [5.41, 5.74) is 3.80. The molecule has 0 radical (unpaired) electrons. The minimum Gasteiger partial charge on any atom is -0.392 e. The van der Waals surface area contributed by atoms with Crippen molar-refractivity contribution in [3.63, 3.8) is 0 Å². The topological polar surface area (TPSA) is 52.9 Å². The average molecular weight is 415 g/mol. The number of hydrogen-bond donors (Lipinski definition) is 1. The lowest BCUT2D eigenvalue weighted by Crippen LogP contribution is -2.29. The van der Waals surface area contributed by atoms with Crippen molar-refractivity contribution in [2.75, 3.05) is 11.4 Å². The highest BCUT2D eigenvalue weighted by molar-refractivity contribution is 8.19. The molecule has 0 spiro atoms. The summed E-state index contributed by atoms with van der Waals surface area (Å²) in [4.78, 5) is 20.3. The van der Waals surface area contributed by atoms with Gasteiger partial charge in [0.25, 0.3) is 5.91 Å². The Morgan fingerprint density at radius 2 is 1.53 bits per heavy atom. The predicted octanol–water partition coefficient (Wildman–Crippen LogP) is 4.90. The minimum absolute atomic E-state index is 0.00450. The Hall–Kier alpha value is -3.15. The summed E-state index contributed by atoms with van der Waals surface area (Å²) in [5, 5.41) is 9.91. The number of amides is 1. The van der Waals surface area contributed by atoms with Crippen molar-refractivity contribution < 1.29 is 9.90 Å². The van der Waals surface area contributed by atoms with Gasteiger partial charge in [0.15, 0.2) is 5.17 Å². The first kappa shape index (κ1) is 20.1. The van der Waals surface area contributed by atoms with Gasteiger partial charge in [0.2, 0.25) is 0 Å². The molecule has 3 aromatic rings. The number of benzene rings is 3. The Morgan fingerprint density at radius 1 is 0.867 bits per heavy atom. The molecule has 0 bridgehead atoms. The Labute approximate surface area is 180 Å². The summed E-state index contributed by atoms with van der Waals surface area (Å²) < 4.78 is 0. The molecule has 0 atom stereocenters. The Bertz CT molecular complexity index is 1060. The van der Waals surface area contributed by atoms with Gasteiger partial charge in [0.05, 0.1) is 17.2 Å². The number of aliphatic hydroxyl groups is 1. The molecule has 5 heteroatoms. The lowest BCUT2D eigenvalue weighted by atomic mass is 10.1. The minimum atomic E-state index is -0.0732. The molecular weight excluding hydrogens is 392 g/mol. The van der Waals surface area contributed by atoms with Crippen LogP contribution < -0.4 is 4.90 Å². The van der Waals surface area contributed by atoms with Crippen molar-refractivity contribution in [1.82, 2.24) is 0 Å². The number of rotatable bonds is 6. The molecule has 1 saturated heterocycles. The molecular formula is C25H22N2O2S. The standard InChI is InChI=1S/C25H22N2O2S/c28-18-21-13-11-20(12-14-21)17-23-24(29)27(22-9-5-2-6-10-22)25(30-23)26-16-15-19-7-3-1-4-8-19/h1-14,17,28H,15-16,18H2/b23-17-,26-25-. The van der Waals surface area contributed by atoms with E-state index >= 15 is 0 Å². The van der Waals surface area contributed by atoms with E-state index in [1.807, 2.05) is 78.9 Å². The average Bonchev–Trinajstić information content (AvgIpc) is 3.10. The van der Waals surface area contributed by atoms with Gasteiger partial charge in [-0.15, -0.1) is 0 Å². The highest BCUT2D eigenvalue weighted by Crippen LogP contribution is 2.36. The molecule has 4 rings (SSSR count). The van der Waals surface area contributed by atoms with Crippen LogP contribution in [0, 0.1) is 0 Å². The van der Waals surface area contributed by atoms with E-state index in [0.29, 0.717) is 16.6 Å². The number of anilines is 1. The zero-order valence-electron chi connectivity index (χ0n) is 16.4. The van der Waals surface area contributed by atoms with Crippen molar-refractivity contribution in [3.8, 4) is 0 Å². The van der Waals surface area contributed by atoms with Crippen molar-refractivity contribution in [2.45, 2.75) is 13.0 Å². The molecule has 1 aliphatic heterocycles. The molecule has 30 heavy (non-hydrogen) atoms. The summed E-state index contributed by atoms with van der Waals surface area (Å²) in [7, 11) is 0. The molecule has 0 saturated carbocycles. The molecule has 3 aromatic carbocycles. The number of para-hydroxylation sites is 1. The van der Waals surface area contributed by atoms with Gasteiger partial charge in [-0.3, -0.25) is 14.7 Å². The number of hydrogen-bond acceptors (Lipinski definition) is 4. The first-order valence-electron chi connectivity index (χ1n) is 9.82. The normalized spacial score (nSPS) is 16.6. The number of amidine groups is 1. The lowest BCUT2D eigenvalue weighted by molar-refractivity contribution is -0.113. The highest BCUT2D eigenvalue weighted by Gasteiger charge is 2.34. The zero-order chi connectivity index (χ0) is 20.8. The van der Waals surface area contributed by atoms with Crippen molar-refractivity contribution >= 4 is 34.6 Å². The maximum atomic E-state index is 13.2. The predicted molar refractivity (Wildman–Crippen MR) is 124 cm³/mol. The van der Waals surface area contributed by atoms with E-state index in [9.17, 15) is 9.90 Å². The molecule has 1 N–H and O–H groups in total. The van der Waals surface area contributed by atoms with E-state index < -0.39 is 0 Å². The van der Waals surface area contributed by atoms with Gasteiger partial charge in [-0.05, 0) is 53.1 Å². The van der Waals surface area contributed by atoms with Crippen LogP contribution in [0.15, 0.2) is 94.8 Å². The Kier molecular flexibility index (Phi) is 6.42. The van der Waals surface area contributed by atoms with Crippen LogP contribution in [0.4, 0.5) is 5.69 Å². The maximum Gasteiger partial charge on any atom is 0.271 e. The van der Waals surface area contributed by atoms with Gasteiger partial charge >= 0.3 is 0 Å². The summed E-state index contributed by atoms with van der Waals surface area (Å²) in [6.45, 7) is 0.617. The van der Waals surface area contributed by atoms with E-state index in [1.54, 1.807) is 4.90 Å². The third-order valence-electron chi connectivity index (χ3n) is 4.77. The highest BCUT2D eigenvalue weighted by atomic mass is 32.2. The van der Waals surface area contributed by atoms with E-state index in [1.165, 1.54) is 17.3 Å². The van der Waals surface area contributed by atoms with Crippen LogP contribution >= 0.6 is 11.8 Å². The third-order valence-corrected chi connectivity index (χ3v) is 5.78. The molecule has 1 amide bonds. The Morgan fingerprint density at radius 3 is 2.20 bits per heavy atom. The smallest absolute Gasteiger partial charge is 0.271 e. The second-order valence-electron chi connectivity index (χ2n) is 6.89. The van der Waals surface area contributed by atoms with Gasteiger partial charge in [-0.25, -0.2) is 0 Å². The van der Waals surface area contributed by atoms with Crippen molar-refractivity contribution in [1.29, 1.82) is 0 Å². The van der Waals surface area contributed by atoms with E-state index in [4.69, 9.17) is 4.99 Å². The molecule has 150 valence electrons. The van der Waals surface area contributed by atoms with Gasteiger partial charge < -0.3 is 5.11 Å². The first-order chi connectivity index (χ1) is 14.7. The first-order valence-corrected chi connectivity index (χ1v) is 10.6. The fourth-order valence-electron chi connectivity index (χ4n) is 3.18. The SMILES string of the molecule is O=C1/C(=C/c2ccc(CO)cc2)S/C(=N\CCc2ccccc2)N1c1ccccc1. The number of carbonyl (C=O) groups is 1. The van der Waals surface area contributed by atoms with Crippen LogP contribution in [0.1, 0.15) is 16.7 Å². The molecule has 1 aliphatic rings. The largest absolute Gasteiger partial charge is 0.392 e. The van der Waals surface area contributed by atoms with Gasteiger partial charge in [-0.2, -0.15) is 0 Å². The zero-order valence-corrected chi connectivity index (χ0v) is 17.3. The molecule has 0 aromatic heterocycles. The number of thioether (sulfide) groups is 1. The lowest BCUT2D eigenvalue weighted by Gasteiger charge is -2.15. The van der Waals surface area contributed by atoms with Crippen LogP contribution in [-0.2, 0) is 17.8 Å². The van der Waals surface area contributed by atoms with Crippen LogP contribution in [0.25, 0.3) is 6.08 Å². The third kappa shape index (κ3) is 4.70. The van der Waals surface area contributed by atoms with Gasteiger partial charge in [-0.1, -0.05) is 72.8 Å². The molecule has 0 unspecified atom stereocenters. The number of aliphatic imine (C=N–C) groups is 1. The van der Waals surface area contributed by atoms with E-state index in [-0.39, 0.29) is 12.5 Å². The van der Waals surface area contributed by atoms with Crippen LogP contribution in [0.5, 0.6) is 0 Å². The maximum absolute atomic E-state index is 13.2. The molecule has 0 aliphatic carbocycles. The second kappa shape index (κ2) is 9.57. The van der Waals surface area contributed by atoms with Crippen LogP contribution in [0.2, 0.25) is 0 Å². The van der Waals surface area contributed by atoms with Crippen molar-refractivity contribution in [3.05, 3.63) is 107 Å². The van der Waals surface area contributed by atoms with Gasteiger partial charge in [0.1, 0.15) is 0 Å². The summed E-state index contributed by atoms with van der Waals surface area (Å²) in [5.74, 6) is -0.0732. The quantitative estimate of drug-likeness (QED) is 0.584. The molecule has 1 fully saturated rings. The fraction of sp³-hybridized carbons (Fsp3) is 0.120. The van der Waals surface area contributed by atoms with Crippen molar-refractivity contribution in [2.24, 2.45) is 4.99 Å². The number of carbonyl (C=O) groups excluding carboxylic acids is 1. The van der Waals surface area contributed by atoms with Gasteiger partial charge in [0, 0.05) is 6.54 Å².